The number of nitrogens with zero attached hydrogens (tertiary/aromatic N) is 3. The third kappa shape index (κ3) is 3.79. The molecule has 2 heterocycles. The Kier molecular flexibility index (Phi) is 5.27. The molecule has 9 heteroatoms. The molecule has 1 amide bonds. The number of hydrazone groups is 1. The predicted molar refractivity (Wildman–Crippen MR) is 119 cm³/mol. The third-order valence-corrected chi connectivity index (χ3v) is 5.36. The molecule has 0 spiro atoms. The average Bonchev–Trinajstić information content (AvgIpc) is 3.28. The molecule has 0 saturated heterocycles. The van der Waals surface area contributed by atoms with Gasteiger partial charge in [0.2, 0.25) is 0 Å². The number of amides is 1. The van der Waals surface area contributed by atoms with Gasteiger partial charge in [0.25, 0.3) is 11.6 Å². The minimum atomic E-state index is -0.471. The van der Waals surface area contributed by atoms with Gasteiger partial charge >= 0.3 is 0 Å². The summed E-state index contributed by atoms with van der Waals surface area (Å²) < 4.78 is 6.19. The van der Waals surface area contributed by atoms with E-state index in [4.69, 9.17) is 16.0 Å². The molecule has 3 aromatic rings. The van der Waals surface area contributed by atoms with Gasteiger partial charge in [0.15, 0.2) is 0 Å². The smallest absolute Gasteiger partial charge is 0.284 e. The highest BCUT2D eigenvalue weighted by Gasteiger charge is 2.29. The quantitative estimate of drug-likeness (QED) is 0.254. The summed E-state index contributed by atoms with van der Waals surface area (Å²) >= 11 is 9.18. The van der Waals surface area contributed by atoms with E-state index in [-0.39, 0.29) is 11.6 Å². The molecule has 1 aliphatic heterocycles. The van der Waals surface area contributed by atoms with Gasteiger partial charge in [-0.15, -0.1) is 0 Å². The summed E-state index contributed by atoms with van der Waals surface area (Å²) in [6.45, 7) is 1.73. The second kappa shape index (κ2) is 7.89. The topological polar surface area (TPSA) is 89.0 Å². The fourth-order valence-corrected chi connectivity index (χ4v) is 3.58. The predicted octanol–water partition coefficient (Wildman–Crippen LogP) is 6.08. The molecule has 150 valence electrons. The average molecular weight is 487 g/mol. The lowest BCUT2D eigenvalue weighted by atomic mass is 10.1. The van der Waals surface area contributed by atoms with Crippen LogP contribution in [0, 0.1) is 10.1 Å². The third-order valence-electron chi connectivity index (χ3n) is 4.46. The van der Waals surface area contributed by atoms with E-state index in [2.05, 4.69) is 21.0 Å². The summed E-state index contributed by atoms with van der Waals surface area (Å²) in [5.74, 6) is 0.581. The van der Waals surface area contributed by atoms with E-state index in [0.717, 1.165) is 0 Å². The summed E-state index contributed by atoms with van der Waals surface area (Å²) in [7, 11) is 0. The Hall–Kier alpha value is -3.23. The highest BCUT2D eigenvalue weighted by Crippen LogP contribution is 2.32. The molecule has 0 radical (unpaired) electrons. The van der Waals surface area contributed by atoms with Crippen molar-refractivity contribution in [2.45, 2.75) is 6.92 Å². The maximum absolute atomic E-state index is 12.8. The van der Waals surface area contributed by atoms with Crippen molar-refractivity contribution in [3.8, 4) is 11.3 Å². The van der Waals surface area contributed by atoms with Crippen LogP contribution in [0.4, 0.5) is 11.4 Å². The minimum Gasteiger partial charge on any atom is -0.457 e. The molecule has 2 aromatic carbocycles. The number of benzene rings is 2. The molecule has 4 rings (SSSR count). The molecule has 0 bridgehead atoms. The lowest BCUT2D eigenvalue weighted by molar-refractivity contribution is -0.385. The Labute approximate surface area is 184 Å². The standard InChI is InChI=1S/C21H13BrClN3O4/c1-12-17(21(27)25(24-12)15-4-2-3-14(23)10-15)11-16-6-8-20(30-16)13-5-7-18(22)19(9-13)26(28)29/h2-11H,1H3/b17-11+. The van der Waals surface area contributed by atoms with Crippen LogP contribution in [0.15, 0.2) is 74.2 Å². The van der Waals surface area contributed by atoms with E-state index < -0.39 is 4.92 Å². The molecule has 1 aromatic heterocycles. The van der Waals surface area contributed by atoms with Crippen molar-refractivity contribution in [3.63, 3.8) is 0 Å². The van der Waals surface area contributed by atoms with Crippen LogP contribution in [0.2, 0.25) is 5.02 Å². The number of hydrogen-bond acceptors (Lipinski definition) is 5. The number of nitro groups is 1. The van der Waals surface area contributed by atoms with Gasteiger partial charge in [0, 0.05) is 16.7 Å². The zero-order valence-corrected chi connectivity index (χ0v) is 17.8. The van der Waals surface area contributed by atoms with E-state index in [9.17, 15) is 14.9 Å². The number of nitro benzene ring substituents is 1. The maximum Gasteiger partial charge on any atom is 0.284 e. The number of halogens is 2. The van der Waals surface area contributed by atoms with Gasteiger partial charge in [0.05, 0.1) is 26.4 Å². The van der Waals surface area contributed by atoms with Gasteiger partial charge in [0.1, 0.15) is 11.5 Å². The maximum atomic E-state index is 12.8. The number of furan rings is 1. The zero-order chi connectivity index (χ0) is 21.4. The Morgan fingerprint density at radius 3 is 2.73 bits per heavy atom. The van der Waals surface area contributed by atoms with Gasteiger partial charge in [-0.2, -0.15) is 10.1 Å². The molecule has 1 aliphatic rings. The Morgan fingerprint density at radius 2 is 2.00 bits per heavy atom. The lowest BCUT2D eigenvalue weighted by Gasteiger charge is -2.11. The molecular weight excluding hydrogens is 474 g/mol. The molecule has 0 N–H and O–H groups in total. The summed E-state index contributed by atoms with van der Waals surface area (Å²) in [4.78, 5) is 23.5. The van der Waals surface area contributed by atoms with Crippen molar-refractivity contribution in [3.05, 3.63) is 85.5 Å². The van der Waals surface area contributed by atoms with Crippen LogP contribution in [0.1, 0.15) is 12.7 Å². The summed E-state index contributed by atoms with van der Waals surface area (Å²) in [5, 5.41) is 17.3. The molecular formula is C21H13BrClN3O4. The summed E-state index contributed by atoms with van der Waals surface area (Å²) in [5.41, 5.74) is 1.99. The largest absolute Gasteiger partial charge is 0.457 e. The van der Waals surface area contributed by atoms with Crippen LogP contribution in [0.3, 0.4) is 0 Å². The van der Waals surface area contributed by atoms with Crippen molar-refractivity contribution >= 4 is 56.6 Å². The first-order valence-corrected chi connectivity index (χ1v) is 9.92. The van der Waals surface area contributed by atoms with Crippen LogP contribution >= 0.6 is 27.5 Å². The van der Waals surface area contributed by atoms with Gasteiger partial charge in [-0.1, -0.05) is 17.7 Å². The van der Waals surface area contributed by atoms with Gasteiger partial charge in [-0.25, -0.2) is 0 Å². The van der Waals surface area contributed by atoms with E-state index >= 15 is 0 Å². The fraction of sp³-hybridized carbons (Fsp3) is 0.0476. The normalized spacial score (nSPS) is 15.0. The zero-order valence-electron chi connectivity index (χ0n) is 15.5. The first kappa shape index (κ1) is 20.1. The van der Waals surface area contributed by atoms with Crippen LogP contribution in [-0.4, -0.2) is 16.5 Å². The molecule has 0 saturated carbocycles. The van der Waals surface area contributed by atoms with Gasteiger partial charge in [-0.3, -0.25) is 14.9 Å². The monoisotopic (exact) mass is 485 g/mol. The van der Waals surface area contributed by atoms with Crippen LogP contribution in [0.25, 0.3) is 17.4 Å². The lowest BCUT2D eigenvalue weighted by Crippen LogP contribution is -2.21. The summed E-state index contributed by atoms with van der Waals surface area (Å²) in [6, 6.07) is 15.0. The number of rotatable bonds is 4. The molecule has 7 nitrogen and oxygen atoms in total. The Morgan fingerprint density at radius 1 is 1.20 bits per heavy atom. The van der Waals surface area contributed by atoms with Crippen molar-refractivity contribution in [2.75, 3.05) is 5.01 Å². The van der Waals surface area contributed by atoms with Gasteiger partial charge in [-0.05, 0) is 71.4 Å². The first-order chi connectivity index (χ1) is 14.3. The number of carbonyl (C=O) groups is 1. The molecule has 0 atom stereocenters. The van der Waals surface area contributed by atoms with Crippen molar-refractivity contribution in [1.29, 1.82) is 0 Å². The van der Waals surface area contributed by atoms with Gasteiger partial charge < -0.3 is 4.42 Å². The highest BCUT2D eigenvalue weighted by atomic mass is 79.9. The Bertz CT molecular complexity index is 1250. The van der Waals surface area contributed by atoms with E-state index in [1.165, 1.54) is 11.1 Å². The first-order valence-electron chi connectivity index (χ1n) is 8.75. The number of hydrogen-bond donors (Lipinski definition) is 0. The SMILES string of the molecule is CC1=NN(c2cccc(Cl)c2)C(=O)/C1=C/c1ccc(-c2ccc(Br)c([N+](=O)[O-])c2)o1. The van der Waals surface area contributed by atoms with E-state index in [1.807, 2.05) is 0 Å². The van der Waals surface area contributed by atoms with E-state index in [1.54, 1.807) is 61.5 Å². The van der Waals surface area contributed by atoms with E-state index in [0.29, 0.717) is 43.6 Å². The minimum absolute atomic E-state index is 0.0603. The highest BCUT2D eigenvalue weighted by molar-refractivity contribution is 9.10. The Balaban J connectivity index is 1.63. The van der Waals surface area contributed by atoms with Crippen LogP contribution in [-0.2, 0) is 4.79 Å². The summed E-state index contributed by atoms with van der Waals surface area (Å²) in [6.07, 6.45) is 1.60. The van der Waals surface area contributed by atoms with Crippen molar-refractivity contribution in [1.82, 2.24) is 0 Å². The second-order valence-electron chi connectivity index (χ2n) is 6.47. The van der Waals surface area contributed by atoms with Crippen LogP contribution in [0.5, 0.6) is 0 Å². The van der Waals surface area contributed by atoms with Crippen molar-refractivity contribution < 1.29 is 14.1 Å². The molecule has 30 heavy (non-hydrogen) atoms. The molecule has 0 fully saturated rings. The molecule has 0 unspecified atom stereocenters. The second-order valence-corrected chi connectivity index (χ2v) is 7.76. The fourth-order valence-electron chi connectivity index (χ4n) is 3.00. The van der Waals surface area contributed by atoms with Crippen LogP contribution < -0.4 is 5.01 Å². The number of carbonyl (C=O) groups excluding carboxylic acids is 1. The number of anilines is 1. The van der Waals surface area contributed by atoms with Crippen molar-refractivity contribution in [2.24, 2.45) is 5.10 Å². The molecule has 0 aliphatic carbocycles.